The molecule has 0 saturated carbocycles. The molecule has 1 rings (SSSR count). The van der Waals surface area contributed by atoms with E-state index in [1.54, 1.807) is 6.20 Å². The van der Waals surface area contributed by atoms with Crippen molar-refractivity contribution in [3.63, 3.8) is 0 Å². The SMILES string of the molecule is CCCCCC(CCCCC)NCCn1ccnn1. The van der Waals surface area contributed by atoms with Crippen LogP contribution in [0, 0.1) is 0 Å². The monoisotopic (exact) mass is 266 g/mol. The van der Waals surface area contributed by atoms with Crippen molar-refractivity contribution in [3.8, 4) is 0 Å². The Bertz CT molecular complexity index is 274. The van der Waals surface area contributed by atoms with Gasteiger partial charge in [-0.05, 0) is 12.8 Å². The number of nitrogens with one attached hydrogen (secondary N) is 1. The van der Waals surface area contributed by atoms with Crippen LogP contribution in [-0.2, 0) is 6.54 Å². The third-order valence-electron chi connectivity index (χ3n) is 3.56. The number of hydrogen-bond acceptors (Lipinski definition) is 3. The molecule has 0 aliphatic carbocycles. The maximum Gasteiger partial charge on any atom is 0.0692 e. The molecule has 0 aromatic carbocycles. The van der Waals surface area contributed by atoms with Gasteiger partial charge in [-0.1, -0.05) is 57.6 Å². The van der Waals surface area contributed by atoms with E-state index in [4.69, 9.17) is 0 Å². The van der Waals surface area contributed by atoms with Gasteiger partial charge in [-0.3, -0.25) is 4.68 Å². The summed E-state index contributed by atoms with van der Waals surface area (Å²) in [5, 5.41) is 11.5. The van der Waals surface area contributed by atoms with E-state index < -0.39 is 0 Å². The van der Waals surface area contributed by atoms with Crippen molar-refractivity contribution in [2.24, 2.45) is 0 Å². The minimum Gasteiger partial charge on any atom is -0.312 e. The molecule has 0 amide bonds. The number of unbranched alkanes of at least 4 members (excludes halogenated alkanes) is 4. The van der Waals surface area contributed by atoms with E-state index in [-0.39, 0.29) is 0 Å². The molecule has 4 nitrogen and oxygen atoms in total. The maximum atomic E-state index is 3.99. The van der Waals surface area contributed by atoms with E-state index in [1.807, 2.05) is 10.9 Å². The topological polar surface area (TPSA) is 42.7 Å². The van der Waals surface area contributed by atoms with Crippen LogP contribution in [0.4, 0.5) is 0 Å². The lowest BCUT2D eigenvalue weighted by Gasteiger charge is -2.18. The zero-order chi connectivity index (χ0) is 13.8. The van der Waals surface area contributed by atoms with Crippen LogP contribution in [-0.4, -0.2) is 27.6 Å². The summed E-state index contributed by atoms with van der Waals surface area (Å²) in [6.45, 7) is 6.44. The highest BCUT2D eigenvalue weighted by atomic mass is 15.4. The lowest BCUT2D eigenvalue weighted by atomic mass is 10.0. The second kappa shape index (κ2) is 11.0. The van der Waals surface area contributed by atoms with Crippen molar-refractivity contribution in [2.45, 2.75) is 77.8 Å². The molecule has 0 fully saturated rings. The molecule has 4 heteroatoms. The molecule has 0 radical (unpaired) electrons. The fraction of sp³-hybridized carbons (Fsp3) is 0.867. The van der Waals surface area contributed by atoms with Gasteiger partial charge >= 0.3 is 0 Å². The Balaban J connectivity index is 2.18. The van der Waals surface area contributed by atoms with Gasteiger partial charge in [0.15, 0.2) is 0 Å². The molecule has 0 aliphatic heterocycles. The van der Waals surface area contributed by atoms with Crippen molar-refractivity contribution >= 4 is 0 Å². The fourth-order valence-corrected chi connectivity index (χ4v) is 2.37. The predicted octanol–water partition coefficient (Wildman–Crippen LogP) is 3.40. The zero-order valence-corrected chi connectivity index (χ0v) is 12.6. The normalized spacial score (nSPS) is 11.3. The van der Waals surface area contributed by atoms with Crippen LogP contribution in [0.25, 0.3) is 0 Å². The summed E-state index contributed by atoms with van der Waals surface area (Å²) >= 11 is 0. The van der Waals surface area contributed by atoms with Gasteiger partial charge in [0.05, 0.1) is 12.7 Å². The first-order chi connectivity index (χ1) is 9.36. The van der Waals surface area contributed by atoms with Crippen molar-refractivity contribution < 1.29 is 0 Å². The van der Waals surface area contributed by atoms with Crippen molar-refractivity contribution in [1.82, 2.24) is 20.3 Å². The molecule has 0 bridgehead atoms. The average Bonchev–Trinajstić information content (AvgIpc) is 2.92. The summed E-state index contributed by atoms with van der Waals surface area (Å²) < 4.78 is 1.89. The Morgan fingerprint density at radius 1 is 1.05 bits per heavy atom. The van der Waals surface area contributed by atoms with Crippen LogP contribution in [0.2, 0.25) is 0 Å². The molecular formula is C15H30N4. The van der Waals surface area contributed by atoms with Gasteiger partial charge in [0, 0.05) is 18.8 Å². The number of rotatable bonds is 12. The van der Waals surface area contributed by atoms with Gasteiger partial charge in [-0.15, -0.1) is 5.10 Å². The minimum atomic E-state index is 0.682. The van der Waals surface area contributed by atoms with Gasteiger partial charge in [-0.25, -0.2) is 0 Å². The Kier molecular flexibility index (Phi) is 9.33. The minimum absolute atomic E-state index is 0.682. The molecule has 1 N–H and O–H groups in total. The van der Waals surface area contributed by atoms with Crippen LogP contribution in [0.3, 0.4) is 0 Å². The van der Waals surface area contributed by atoms with Crippen molar-refractivity contribution in [2.75, 3.05) is 6.54 Å². The van der Waals surface area contributed by atoms with E-state index in [0.717, 1.165) is 13.1 Å². The quantitative estimate of drug-likeness (QED) is 0.590. The molecule has 0 atom stereocenters. The molecular weight excluding hydrogens is 236 g/mol. The van der Waals surface area contributed by atoms with Gasteiger partial charge in [0.25, 0.3) is 0 Å². The van der Waals surface area contributed by atoms with E-state index in [2.05, 4.69) is 29.5 Å². The van der Waals surface area contributed by atoms with Crippen LogP contribution in [0.15, 0.2) is 12.4 Å². The number of aromatic nitrogens is 3. The molecule has 110 valence electrons. The molecule has 0 aliphatic rings. The highest BCUT2D eigenvalue weighted by Gasteiger charge is 2.07. The maximum absolute atomic E-state index is 3.99. The van der Waals surface area contributed by atoms with Crippen molar-refractivity contribution in [3.05, 3.63) is 12.4 Å². The summed E-state index contributed by atoms with van der Waals surface area (Å²) in [5.74, 6) is 0. The standard InChI is InChI=1S/C15H30N4/c1-3-5-7-9-15(10-8-6-4-2)16-11-13-19-14-12-17-18-19/h12,14-16H,3-11,13H2,1-2H3. The molecule has 0 saturated heterocycles. The van der Waals surface area contributed by atoms with Crippen LogP contribution in [0.1, 0.15) is 65.2 Å². The lowest BCUT2D eigenvalue weighted by Crippen LogP contribution is -2.32. The third kappa shape index (κ3) is 7.98. The summed E-state index contributed by atoms with van der Waals surface area (Å²) in [6, 6.07) is 0.682. The Morgan fingerprint density at radius 3 is 2.26 bits per heavy atom. The van der Waals surface area contributed by atoms with E-state index in [0.29, 0.717) is 6.04 Å². The summed E-state index contributed by atoms with van der Waals surface area (Å²) in [6.07, 6.45) is 14.3. The van der Waals surface area contributed by atoms with E-state index in [9.17, 15) is 0 Å². The van der Waals surface area contributed by atoms with Gasteiger partial charge in [0.2, 0.25) is 0 Å². The summed E-state index contributed by atoms with van der Waals surface area (Å²) in [5.41, 5.74) is 0. The lowest BCUT2D eigenvalue weighted by molar-refractivity contribution is 0.403. The van der Waals surface area contributed by atoms with Crippen LogP contribution in [0.5, 0.6) is 0 Å². The molecule has 1 aromatic heterocycles. The second-order valence-corrected chi connectivity index (χ2v) is 5.31. The smallest absolute Gasteiger partial charge is 0.0692 e. The van der Waals surface area contributed by atoms with Gasteiger partial charge in [0.1, 0.15) is 0 Å². The highest BCUT2D eigenvalue weighted by molar-refractivity contribution is 4.69. The molecule has 19 heavy (non-hydrogen) atoms. The first-order valence-electron chi connectivity index (χ1n) is 7.94. The number of nitrogens with zero attached hydrogens (tertiary/aromatic N) is 3. The molecule has 0 spiro atoms. The third-order valence-corrected chi connectivity index (χ3v) is 3.56. The Labute approximate surface area is 118 Å². The average molecular weight is 266 g/mol. The molecule has 0 unspecified atom stereocenters. The number of hydrogen-bond donors (Lipinski definition) is 1. The second-order valence-electron chi connectivity index (χ2n) is 5.31. The first kappa shape index (κ1) is 16.2. The highest BCUT2D eigenvalue weighted by Crippen LogP contribution is 2.10. The Morgan fingerprint density at radius 2 is 1.74 bits per heavy atom. The first-order valence-corrected chi connectivity index (χ1v) is 7.94. The van der Waals surface area contributed by atoms with Gasteiger partial charge < -0.3 is 5.32 Å². The predicted molar refractivity (Wildman–Crippen MR) is 80.1 cm³/mol. The zero-order valence-electron chi connectivity index (χ0n) is 12.6. The van der Waals surface area contributed by atoms with Gasteiger partial charge in [-0.2, -0.15) is 0 Å². The van der Waals surface area contributed by atoms with E-state index >= 15 is 0 Å². The summed E-state index contributed by atoms with van der Waals surface area (Å²) in [4.78, 5) is 0. The van der Waals surface area contributed by atoms with Crippen molar-refractivity contribution in [1.29, 1.82) is 0 Å². The Hall–Kier alpha value is -0.900. The van der Waals surface area contributed by atoms with E-state index in [1.165, 1.54) is 51.4 Å². The molecule has 1 aromatic rings. The fourth-order valence-electron chi connectivity index (χ4n) is 2.37. The van der Waals surface area contributed by atoms with Crippen LogP contribution < -0.4 is 5.32 Å². The van der Waals surface area contributed by atoms with Crippen LogP contribution >= 0.6 is 0 Å². The molecule has 1 heterocycles. The largest absolute Gasteiger partial charge is 0.312 e. The summed E-state index contributed by atoms with van der Waals surface area (Å²) in [7, 11) is 0.